The minimum absolute atomic E-state index is 0.00968. The summed E-state index contributed by atoms with van der Waals surface area (Å²) in [4.78, 5) is 12.5. The summed E-state index contributed by atoms with van der Waals surface area (Å²) in [5, 5.41) is 4.13. The molecule has 0 atom stereocenters. The van der Waals surface area contributed by atoms with Crippen molar-refractivity contribution in [1.29, 1.82) is 0 Å². The molecule has 0 unspecified atom stereocenters. The molecule has 0 aromatic carbocycles. The number of hydrogen-bond acceptors (Lipinski definition) is 6. The van der Waals surface area contributed by atoms with Crippen molar-refractivity contribution in [3.05, 3.63) is 4.88 Å². The fourth-order valence-corrected chi connectivity index (χ4v) is 2.88. The van der Waals surface area contributed by atoms with E-state index in [9.17, 15) is 4.79 Å². The van der Waals surface area contributed by atoms with Gasteiger partial charge in [-0.15, -0.1) is 11.3 Å². The largest absolute Gasteiger partial charge is 0.486 e. The van der Waals surface area contributed by atoms with Crippen LogP contribution in [0.4, 0.5) is 10.7 Å². The number of carbonyl (C=O) groups excluding carboxylic acids is 1. The third kappa shape index (κ3) is 5.21. The fourth-order valence-electron chi connectivity index (χ4n) is 1.79. The van der Waals surface area contributed by atoms with Crippen LogP contribution in [0, 0.1) is 0 Å². The Morgan fingerprint density at radius 1 is 1.38 bits per heavy atom. The van der Waals surface area contributed by atoms with Gasteiger partial charge >= 0.3 is 0 Å². The molecule has 120 valence electrons. The second kappa shape index (κ2) is 8.89. The van der Waals surface area contributed by atoms with Gasteiger partial charge in [-0.25, -0.2) is 0 Å². The van der Waals surface area contributed by atoms with Crippen LogP contribution in [-0.2, 0) is 4.74 Å². The molecule has 1 aromatic rings. The highest BCUT2D eigenvalue weighted by molar-refractivity contribution is 7.19. The summed E-state index contributed by atoms with van der Waals surface area (Å²) in [6, 6.07) is 0. The first-order valence-electron chi connectivity index (χ1n) is 7.44. The van der Waals surface area contributed by atoms with Crippen molar-refractivity contribution in [2.24, 2.45) is 0 Å². The standard InChI is InChI=1S/C15H26N2O3S/c1-5-11(18)14-12(16)13(20-10(3)4)15(21-14)17-8-7-9-19-6-2/h10,17H,5-9,16H2,1-4H3. The molecule has 1 aromatic heterocycles. The highest BCUT2D eigenvalue weighted by Crippen LogP contribution is 2.43. The van der Waals surface area contributed by atoms with Gasteiger partial charge in [-0.1, -0.05) is 6.92 Å². The predicted molar refractivity (Wildman–Crippen MR) is 88.7 cm³/mol. The Bertz CT molecular complexity index is 458. The van der Waals surface area contributed by atoms with Crippen molar-refractivity contribution in [3.63, 3.8) is 0 Å². The second-order valence-electron chi connectivity index (χ2n) is 4.92. The van der Waals surface area contributed by atoms with E-state index in [1.807, 2.05) is 27.7 Å². The van der Waals surface area contributed by atoms with Crippen molar-refractivity contribution >= 4 is 27.8 Å². The van der Waals surface area contributed by atoms with Crippen LogP contribution >= 0.6 is 11.3 Å². The van der Waals surface area contributed by atoms with Gasteiger partial charge in [0.15, 0.2) is 11.5 Å². The molecule has 6 heteroatoms. The van der Waals surface area contributed by atoms with Gasteiger partial charge in [-0.05, 0) is 27.2 Å². The van der Waals surface area contributed by atoms with Crippen molar-refractivity contribution in [2.45, 2.75) is 46.6 Å². The van der Waals surface area contributed by atoms with E-state index in [4.69, 9.17) is 15.2 Å². The van der Waals surface area contributed by atoms with Gasteiger partial charge in [0.1, 0.15) is 5.00 Å². The van der Waals surface area contributed by atoms with E-state index in [0.717, 1.165) is 24.6 Å². The highest BCUT2D eigenvalue weighted by atomic mass is 32.1. The van der Waals surface area contributed by atoms with E-state index in [-0.39, 0.29) is 11.9 Å². The summed E-state index contributed by atoms with van der Waals surface area (Å²) in [5.74, 6) is 0.650. The number of hydrogen-bond donors (Lipinski definition) is 2. The number of carbonyl (C=O) groups is 1. The van der Waals surface area contributed by atoms with E-state index in [2.05, 4.69) is 5.32 Å². The molecule has 0 spiro atoms. The van der Waals surface area contributed by atoms with Crippen LogP contribution in [0.3, 0.4) is 0 Å². The van der Waals surface area contributed by atoms with Crippen LogP contribution in [0.5, 0.6) is 5.75 Å². The minimum Gasteiger partial charge on any atom is -0.486 e. The van der Waals surface area contributed by atoms with Gasteiger partial charge in [0.05, 0.1) is 16.7 Å². The van der Waals surface area contributed by atoms with E-state index in [1.165, 1.54) is 11.3 Å². The van der Waals surface area contributed by atoms with E-state index in [1.54, 1.807) is 0 Å². The molecule has 0 radical (unpaired) electrons. The number of nitrogens with two attached hydrogens (primary N) is 1. The number of anilines is 2. The summed E-state index contributed by atoms with van der Waals surface area (Å²) in [7, 11) is 0. The van der Waals surface area contributed by atoms with E-state index in [0.29, 0.717) is 29.3 Å². The predicted octanol–water partition coefficient (Wildman–Crippen LogP) is 3.55. The van der Waals surface area contributed by atoms with Crippen molar-refractivity contribution in [3.8, 4) is 5.75 Å². The number of nitrogens with one attached hydrogen (secondary N) is 1. The van der Waals surface area contributed by atoms with Crippen LogP contribution < -0.4 is 15.8 Å². The Balaban J connectivity index is 2.81. The third-order valence-corrected chi connectivity index (χ3v) is 3.97. The van der Waals surface area contributed by atoms with E-state index >= 15 is 0 Å². The highest BCUT2D eigenvalue weighted by Gasteiger charge is 2.21. The van der Waals surface area contributed by atoms with Crippen LogP contribution in [0.2, 0.25) is 0 Å². The van der Waals surface area contributed by atoms with Crippen LogP contribution in [-0.4, -0.2) is 31.6 Å². The number of nitrogen functional groups attached to an aromatic ring is 1. The molecule has 1 heterocycles. The Kier molecular flexibility index (Phi) is 7.53. The average molecular weight is 314 g/mol. The second-order valence-corrected chi connectivity index (χ2v) is 5.94. The first-order valence-corrected chi connectivity index (χ1v) is 8.26. The van der Waals surface area contributed by atoms with Crippen molar-refractivity contribution in [2.75, 3.05) is 30.8 Å². The maximum Gasteiger partial charge on any atom is 0.177 e. The van der Waals surface area contributed by atoms with Crippen LogP contribution in [0.25, 0.3) is 0 Å². The lowest BCUT2D eigenvalue weighted by Gasteiger charge is -2.12. The normalized spacial score (nSPS) is 10.9. The van der Waals surface area contributed by atoms with Crippen molar-refractivity contribution < 1.29 is 14.3 Å². The lowest BCUT2D eigenvalue weighted by Crippen LogP contribution is -2.10. The van der Waals surface area contributed by atoms with Gasteiger partial charge in [0.25, 0.3) is 0 Å². The Hall–Kier alpha value is -1.27. The smallest absolute Gasteiger partial charge is 0.177 e. The van der Waals surface area contributed by atoms with Gasteiger partial charge in [0.2, 0.25) is 0 Å². The number of ether oxygens (including phenoxy) is 2. The number of ketones is 1. The van der Waals surface area contributed by atoms with Crippen LogP contribution in [0.1, 0.15) is 50.2 Å². The summed E-state index contributed by atoms with van der Waals surface area (Å²) in [6.45, 7) is 9.89. The average Bonchev–Trinajstić information content (AvgIpc) is 2.75. The molecular weight excluding hydrogens is 288 g/mol. The molecule has 0 amide bonds. The van der Waals surface area contributed by atoms with Gasteiger partial charge in [-0.2, -0.15) is 0 Å². The quantitative estimate of drug-likeness (QED) is 0.510. The minimum atomic E-state index is 0.00968. The maximum absolute atomic E-state index is 11.9. The van der Waals surface area contributed by atoms with Crippen molar-refractivity contribution in [1.82, 2.24) is 0 Å². The molecule has 21 heavy (non-hydrogen) atoms. The molecule has 0 aliphatic rings. The first-order chi connectivity index (χ1) is 10.0. The Labute approximate surface area is 130 Å². The maximum atomic E-state index is 11.9. The topological polar surface area (TPSA) is 73.6 Å². The summed E-state index contributed by atoms with van der Waals surface area (Å²) in [6.07, 6.45) is 1.34. The number of rotatable bonds is 10. The van der Waals surface area contributed by atoms with E-state index < -0.39 is 0 Å². The van der Waals surface area contributed by atoms with Crippen LogP contribution in [0.15, 0.2) is 0 Å². The third-order valence-electron chi connectivity index (χ3n) is 2.78. The number of Topliss-reactive ketones (excluding diaryl/α,β-unsaturated/α-hetero) is 1. The molecule has 0 saturated heterocycles. The molecule has 5 nitrogen and oxygen atoms in total. The lowest BCUT2D eigenvalue weighted by molar-refractivity contribution is 0.0992. The van der Waals surface area contributed by atoms with Gasteiger partial charge in [-0.3, -0.25) is 4.79 Å². The zero-order chi connectivity index (χ0) is 15.8. The molecule has 0 aliphatic heterocycles. The summed E-state index contributed by atoms with van der Waals surface area (Å²) >= 11 is 1.37. The molecule has 0 bridgehead atoms. The fraction of sp³-hybridized carbons (Fsp3) is 0.667. The molecule has 1 rings (SSSR count). The molecule has 0 aliphatic carbocycles. The first kappa shape index (κ1) is 17.8. The summed E-state index contributed by atoms with van der Waals surface area (Å²) in [5.41, 5.74) is 6.53. The zero-order valence-corrected chi connectivity index (χ0v) is 14.1. The molecular formula is C15H26N2O3S. The Morgan fingerprint density at radius 2 is 2.10 bits per heavy atom. The molecule has 0 fully saturated rings. The number of thiophene rings is 1. The lowest BCUT2D eigenvalue weighted by atomic mass is 10.2. The van der Waals surface area contributed by atoms with Gasteiger partial charge in [0, 0.05) is 26.2 Å². The molecule has 3 N–H and O–H groups in total. The SMILES string of the molecule is CCOCCCNc1sc(C(=O)CC)c(N)c1OC(C)C. The molecule has 0 saturated carbocycles. The zero-order valence-electron chi connectivity index (χ0n) is 13.3. The Morgan fingerprint density at radius 3 is 2.67 bits per heavy atom. The summed E-state index contributed by atoms with van der Waals surface area (Å²) < 4.78 is 11.1. The van der Waals surface area contributed by atoms with Gasteiger partial charge < -0.3 is 20.5 Å². The monoisotopic (exact) mass is 314 g/mol.